The maximum atomic E-state index is 13.4. The molecule has 5 heteroatoms. The normalized spacial score (nSPS) is 13.8. The van der Waals surface area contributed by atoms with Gasteiger partial charge in [0.15, 0.2) is 5.78 Å². The summed E-state index contributed by atoms with van der Waals surface area (Å²) in [6.45, 7) is 16.2. The minimum atomic E-state index is -2.09. The van der Waals surface area contributed by atoms with Gasteiger partial charge < -0.3 is 10.1 Å². The van der Waals surface area contributed by atoms with E-state index in [1.165, 1.54) is 5.19 Å². The third-order valence-electron chi connectivity index (χ3n) is 5.36. The van der Waals surface area contributed by atoms with Crippen molar-refractivity contribution in [2.45, 2.75) is 52.4 Å². The second-order valence-corrected chi connectivity index (χ2v) is 13.6. The van der Waals surface area contributed by atoms with Crippen LogP contribution in [0.2, 0.25) is 13.1 Å². The number of ether oxygens (including phenoxy) is 1. The first-order valence-electron chi connectivity index (χ1n) is 10.3. The molecule has 0 aliphatic carbocycles. The van der Waals surface area contributed by atoms with Gasteiger partial charge in [0, 0.05) is 11.5 Å². The number of rotatable bonds is 7. The van der Waals surface area contributed by atoms with E-state index >= 15 is 0 Å². The van der Waals surface area contributed by atoms with Gasteiger partial charge >= 0.3 is 6.09 Å². The fourth-order valence-corrected chi connectivity index (χ4v) is 6.15. The van der Waals surface area contributed by atoms with Crippen molar-refractivity contribution in [1.82, 2.24) is 5.32 Å². The van der Waals surface area contributed by atoms with E-state index in [9.17, 15) is 9.59 Å². The molecule has 2 aromatic carbocycles. The molecule has 0 radical (unpaired) electrons. The van der Waals surface area contributed by atoms with Gasteiger partial charge in [-0.2, -0.15) is 0 Å². The van der Waals surface area contributed by atoms with Crippen LogP contribution in [0.25, 0.3) is 0 Å². The van der Waals surface area contributed by atoms with Crippen LogP contribution in [0.1, 0.15) is 38.1 Å². The first kappa shape index (κ1) is 23.6. The highest BCUT2D eigenvalue weighted by molar-refractivity contribution is 6.95. The zero-order valence-electron chi connectivity index (χ0n) is 18.9. The van der Waals surface area contributed by atoms with Crippen LogP contribution in [0.15, 0.2) is 72.4 Å². The fraction of sp³-hybridized carbons (Fsp3) is 0.360. The molecule has 30 heavy (non-hydrogen) atoms. The standard InChI is InChI=1S/C25H33NO3Si/c1-18(19(2)30(6,7)21-16-12-9-13-17-21)22(26-24(28)29-25(3,4)5)23(27)20-14-10-8-11-15-20/h8-18,22H,2H2,1,3-7H3,(H,26,28)/t18-,22-/m0/s1. The molecule has 0 fully saturated rings. The lowest BCUT2D eigenvalue weighted by atomic mass is 9.93. The molecule has 0 saturated heterocycles. The summed E-state index contributed by atoms with van der Waals surface area (Å²) in [7, 11) is -2.09. The summed E-state index contributed by atoms with van der Waals surface area (Å²) in [6, 6.07) is 18.5. The molecule has 0 saturated carbocycles. The highest BCUT2D eigenvalue weighted by Crippen LogP contribution is 2.26. The number of benzene rings is 2. The highest BCUT2D eigenvalue weighted by atomic mass is 28.3. The monoisotopic (exact) mass is 423 g/mol. The van der Waals surface area contributed by atoms with Crippen LogP contribution in [-0.2, 0) is 4.74 Å². The van der Waals surface area contributed by atoms with Crippen LogP contribution < -0.4 is 10.5 Å². The molecular weight excluding hydrogens is 390 g/mol. The van der Waals surface area contributed by atoms with Gasteiger partial charge in [-0.15, -0.1) is 6.58 Å². The van der Waals surface area contributed by atoms with Gasteiger partial charge in [-0.1, -0.05) is 91.1 Å². The number of hydrogen-bond acceptors (Lipinski definition) is 3. The van der Waals surface area contributed by atoms with Gasteiger partial charge in [0.1, 0.15) is 19.7 Å². The quantitative estimate of drug-likeness (QED) is 0.497. The Balaban J connectivity index is 2.36. The Morgan fingerprint density at radius 2 is 1.47 bits per heavy atom. The average Bonchev–Trinajstić information content (AvgIpc) is 2.70. The summed E-state index contributed by atoms with van der Waals surface area (Å²) in [4.78, 5) is 25.9. The van der Waals surface area contributed by atoms with E-state index in [1.54, 1.807) is 32.9 Å². The third-order valence-corrected chi connectivity index (χ3v) is 9.20. The number of hydrogen-bond donors (Lipinski definition) is 1. The van der Waals surface area contributed by atoms with Crippen molar-refractivity contribution in [3.8, 4) is 0 Å². The van der Waals surface area contributed by atoms with E-state index in [4.69, 9.17) is 4.74 Å². The van der Waals surface area contributed by atoms with E-state index in [0.717, 1.165) is 5.20 Å². The summed E-state index contributed by atoms with van der Waals surface area (Å²) in [6.07, 6.45) is -0.601. The van der Waals surface area contributed by atoms with Gasteiger partial charge in [0.25, 0.3) is 0 Å². The minimum Gasteiger partial charge on any atom is -0.444 e. The van der Waals surface area contributed by atoms with Crippen LogP contribution in [0.4, 0.5) is 4.79 Å². The van der Waals surface area contributed by atoms with Gasteiger partial charge in [0.2, 0.25) is 0 Å². The Hall–Kier alpha value is -2.66. The van der Waals surface area contributed by atoms with Crippen LogP contribution in [0.3, 0.4) is 0 Å². The minimum absolute atomic E-state index is 0.145. The Morgan fingerprint density at radius 1 is 0.967 bits per heavy atom. The zero-order valence-corrected chi connectivity index (χ0v) is 19.9. The second-order valence-electron chi connectivity index (χ2n) is 9.16. The lowest BCUT2D eigenvalue weighted by Crippen LogP contribution is -2.53. The molecule has 0 aliphatic rings. The van der Waals surface area contributed by atoms with Crippen molar-refractivity contribution >= 4 is 25.1 Å². The van der Waals surface area contributed by atoms with E-state index < -0.39 is 25.8 Å². The SMILES string of the molecule is C=C([C@H](C)[C@H](NC(=O)OC(C)(C)C)C(=O)c1ccccc1)[Si](C)(C)c1ccccc1. The van der Waals surface area contributed by atoms with E-state index in [0.29, 0.717) is 5.56 Å². The number of nitrogens with one attached hydrogen (secondary N) is 1. The van der Waals surface area contributed by atoms with Crippen LogP contribution in [0.5, 0.6) is 0 Å². The van der Waals surface area contributed by atoms with Crippen molar-refractivity contribution in [3.05, 3.63) is 78.0 Å². The topological polar surface area (TPSA) is 55.4 Å². The molecule has 0 spiro atoms. The molecule has 2 aromatic rings. The van der Waals surface area contributed by atoms with Gasteiger partial charge in [-0.05, 0) is 20.8 Å². The van der Waals surface area contributed by atoms with Crippen molar-refractivity contribution in [2.24, 2.45) is 5.92 Å². The molecule has 160 valence electrons. The first-order chi connectivity index (χ1) is 13.9. The number of alkyl carbamates (subject to hydrolysis) is 1. The molecule has 4 nitrogen and oxygen atoms in total. The molecule has 2 atom stereocenters. The largest absolute Gasteiger partial charge is 0.444 e. The summed E-state index contributed by atoms with van der Waals surface area (Å²) < 4.78 is 5.43. The molecule has 0 bridgehead atoms. The van der Waals surface area contributed by atoms with Crippen molar-refractivity contribution in [1.29, 1.82) is 0 Å². The predicted molar refractivity (Wildman–Crippen MR) is 126 cm³/mol. The molecule has 0 unspecified atom stereocenters. The molecule has 1 amide bonds. The summed E-state index contributed by atoms with van der Waals surface area (Å²) in [5, 5.41) is 5.07. The Kier molecular flexibility index (Phi) is 7.42. The van der Waals surface area contributed by atoms with E-state index in [2.05, 4.69) is 37.1 Å². The molecular formula is C25H33NO3Si. The smallest absolute Gasteiger partial charge is 0.408 e. The van der Waals surface area contributed by atoms with Gasteiger partial charge in [0.05, 0.1) is 0 Å². The average molecular weight is 424 g/mol. The molecule has 0 aliphatic heterocycles. The lowest BCUT2D eigenvalue weighted by molar-refractivity contribution is 0.0479. The molecule has 0 aromatic heterocycles. The van der Waals surface area contributed by atoms with Crippen molar-refractivity contribution in [3.63, 3.8) is 0 Å². The Morgan fingerprint density at radius 3 is 1.97 bits per heavy atom. The maximum Gasteiger partial charge on any atom is 0.408 e. The molecule has 2 rings (SSSR count). The molecule has 1 N–H and O–H groups in total. The maximum absolute atomic E-state index is 13.4. The second kappa shape index (κ2) is 9.43. The number of Topliss-reactive ketones (excluding diaryl/α,β-unsaturated/α-hetero) is 1. The molecule has 0 heterocycles. The first-order valence-corrected chi connectivity index (χ1v) is 13.3. The summed E-state index contributed by atoms with van der Waals surface area (Å²) in [5.41, 5.74) is -0.0969. The number of carbonyl (C=O) groups is 2. The van der Waals surface area contributed by atoms with E-state index in [-0.39, 0.29) is 11.7 Å². The van der Waals surface area contributed by atoms with Crippen LogP contribution >= 0.6 is 0 Å². The lowest BCUT2D eigenvalue weighted by Gasteiger charge is -2.34. The number of ketones is 1. The number of carbonyl (C=O) groups excluding carboxylic acids is 2. The number of amides is 1. The van der Waals surface area contributed by atoms with Crippen LogP contribution in [0, 0.1) is 5.92 Å². The Labute approximate surface area is 181 Å². The van der Waals surface area contributed by atoms with Crippen molar-refractivity contribution in [2.75, 3.05) is 0 Å². The summed E-state index contributed by atoms with van der Waals surface area (Å²) >= 11 is 0. The zero-order chi connectivity index (χ0) is 22.5. The highest BCUT2D eigenvalue weighted by Gasteiger charge is 2.37. The van der Waals surface area contributed by atoms with Crippen LogP contribution in [-0.4, -0.2) is 31.6 Å². The van der Waals surface area contributed by atoms with Crippen molar-refractivity contribution < 1.29 is 14.3 Å². The third kappa shape index (κ3) is 5.92. The Bertz CT molecular complexity index is 886. The van der Waals surface area contributed by atoms with Gasteiger partial charge in [-0.3, -0.25) is 4.79 Å². The summed E-state index contributed by atoms with van der Waals surface area (Å²) in [5.74, 6) is -0.403. The fourth-order valence-electron chi connectivity index (χ4n) is 3.44. The predicted octanol–water partition coefficient (Wildman–Crippen LogP) is 5.11. The van der Waals surface area contributed by atoms with Gasteiger partial charge in [-0.25, -0.2) is 4.79 Å². The van der Waals surface area contributed by atoms with E-state index in [1.807, 2.05) is 43.3 Å².